The number of fused-ring (bicyclic) bond motifs is 1. The van der Waals surface area contributed by atoms with E-state index in [1.807, 2.05) is 19.4 Å². The van der Waals surface area contributed by atoms with Gasteiger partial charge in [0.05, 0.1) is 24.0 Å². The Labute approximate surface area is 142 Å². The monoisotopic (exact) mass is 327 g/mol. The largest absolute Gasteiger partial charge is 0.346 e. The van der Waals surface area contributed by atoms with Crippen molar-refractivity contribution in [1.29, 1.82) is 0 Å². The Morgan fingerprint density at radius 1 is 1.33 bits per heavy atom. The molecule has 6 heteroatoms. The molecule has 0 saturated heterocycles. The number of hydrogen-bond acceptors (Lipinski definition) is 3. The third-order valence-corrected chi connectivity index (χ3v) is 4.29. The highest BCUT2D eigenvalue weighted by Gasteiger charge is 2.28. The molecule has 0 bridgehead atoms. The fourth-order valence-electron chi connectivity index (χ4n) is 3.20. The van der Waals surface area contributed by atoms with Gasteiger partial charge in [-0.2, -0.15) is 10.2 Å². The first kappa shape index (κ1) is 16.5. The maximum Gasteiger partial charge on any atom is 0.244 e. The summed E-state index contributed by atoms with van der Waals surface area (Å²) in [6.07, 6.45) is 11.9. The van der Waals surface area contributed by atoms with E-state index in [2.05, 4.69) is 41.0 Å². The van der Waals surface area contributed by atoms with E-state index in [1.54, 1.807) is 23.0 Å². The molecule has 0 aliphatic heterocycles. The number of hydrogen-bond donors (Lipinski definition) is 1. The Morgan fingerprint density at radius 2 is 2.12 bits per heavy atom. The van der Waals surface area contributed by atoms with Gasteiger partial charge in [-0.3, -0.25) is 14.2 Å². The second-order valence-electron chi connectivity index (χ2n) is 7.36. The maximum absolute atomic E-state index is 12.3. The molecule has 0 unspecified atom stereocenters. The van der Waals surface area contributed by atoms with Gasteiger partial charge in [-0.1, -0.05) is 0 Å². The minimum Gasteiger partial charge on any atom is -0.346 e. The summed E-state index contributed by atoms with van der Waals surface area (Å²) in [4.78, 5) is 12.3. The second kappa shape index (κ2) is 6.26. The molecule has 1 aliphatic rings. The summed E-state index contributed by atoms with van der Waals surface area (Å²) < 4.78 is 3.80. The van der Waals surface area contributed by atoms with Crippen LogP contribution in [0.25, 0.3) is 6.08 Å². The minimum absolute atomic E-state index is 0.0379. The first-order valence-electron chi connectivity index (χ1n) is 8.39. The van der Waals surface area contributed by atoms with E-state index in [4.69, 9.17) is 0 Å². The molecule has 1 aliphatic carbocycles. The Bertz CT molecular complexity index is 763. The lowest BCUT2D eigenvalue weighted by molar-refractivity contribution is -0.117. The lowest BCUT2D eigenvalue weighted by Gasteiger charge is -2.28. The zero-order valence-corrected chi connectivity index (χ0v) is 14.8. The fourth-order valence-corrected chi connectivity index (χ4v) is 3.20. The van der Waals surface area contributed by atoms with Crippen LogP contribution in [0.1, 0.15) is 56.5 Å². The smallest absolute Gasteiger partial charge is 0.244 e. The third-order valence-electron chi connectivity index (χ3n) is 4.29. The van der Waals surface area contributed by atoms with Crippen LogP contribution in [-0.2, 0) is 23.8 Å². The van der Waals surface area contributed by atoms with Crippen LogP contribution in [0, 0.1) is 0 Å². The summed E-state index contributed by atoms with van der Waals surface area (Å²) in [5.74, 6) is -0.0831. The molecule has 1 atom stereocenters. The summed E-state index contributed by atoms with van der Waals surface area (Å²) in [6.45, 7) is 6.46. The number of rotatable bonds is 3. The summed E-state index contributed by atoms with van der Waals surface area (Å²) in [5, 5.41) is 11.8. The lowest BCUT2D eigenvalue weighted by atomic mass is 9.92. The first-order valence-corrected chi connectivity index (χ1v) is 8.39. The van der Waals surface area contributed by atoms with Crippen LogP contribution >= 0.6 is 0 Å². The van der Waals surface area contributed by atoms with Gasteiger partial charge in [0, 0.05) is 36.1 Å². The quantitative estimate of drug-likeness (QED) is 0.881. The molecule has 24 heavy (non-hydrogen) atoms. The van der Waals surface area contributed by atoms with Gasteiger partial charge in [-0.25, -0.2) is 0 Å². The molecule has 6 nitrogen and oxygen atoms in total. The van der Waals surface area contributed by atoms with Gasteiger partial charge in [0.15, 0.2) is 0 Å². The van der Waals surface area contributed by atoms with E-state index in [0.29, 0.717) is 0 Å². The molecule has 1 N–H and O–H groups in total. The Hall–Kier alpha value is -2.37. The molecule has 0 radical (unpaired) electrons. The number of aryl methyl sites for hydroxylation is 1. The van der Waals surface area contributed by atoms with Crippen molar-refractivity contribution in [3.63, 3.8) is 0 Å². The van der Waals surface area contributed by atoms with Crippen molar-refractivity contribution >= 4 is 12.0 Å². The second-order valence-corrected chi connectivity index (χ2v) is 7.36. The molecular formula is C18H25N5O. The van der Waals surface area contributed by atoms with Gasteiger partial charge >= 0.3 is 0 Å². The van der Waals surface area contributed by atoms with Gasteiger partial charge in [-0.15, -0.1) is 0 Å². The van der Waals surface area contributed by atoms with Gasteiger partial charge in [-0.05, 0) is 46.1 Å². The van der Waals surface area contributed by atoms with Crippen LogP contribution in [0.2, 0.25) is 0 Å². The average Bonchev–Trinajstić information content (AvgIpc) is 3.11. The van der Waals surface area contributed by atoms with Crippen LogP contribution in [0.15, 0.2) is 24.7 Å². The molecule has 0 aromatic carbocycles. The van der Waals surface area contributed by atoms with Crippen LogP contribution in [-0.4, -0.2) is 25.5 Å². The number of amides is 1. The number of nitrogens with zero attached hydrogens (tertiary/aromatic N) is 4. The third kappa shape index (κ3) is 3.42. The van der Waals surface area contributed by atoms with E-state index in [-0.39, 0.29) is 17.5 Å². The minimum atomic E-state index is -0.0831. The Balaban J connectivity index is 1.72. The summed E-state index contributed by atoms with van der Waals surface area (Å²) in [6, 6.07) is 0.0379. The van der Waals surface area contributed by atoms with Crippen LogP contribution in [0.3, 0.4) is 0 Å². The van der Waals surface area contributed by atoms with Crippen molar-refractivity contribution in [1.82, 2.24) is 24.9 Å². The molecule has 0 fully saturated rings. The highest BCUT2D eigenvalue weighted by Crippen LogP contribution is 2.32. The van der Waals surface area contributed by atoms with Gasteiger partial charge in [0.25, 0.3) is 0 Å². The number of carbonyl (C=O) groups excluding carboxylic acids is 1. The predicted molar refractivity (Wildman–Crippen MR) is 93.3 cm³/mol. The van der Waals surface area contributed by atoms with Crippen molar-refractivity contribution in [3.05, 3.63) is 41.5 Å². The van der Waals surface area contributed by atoms with Crippen LogP contribution in [0.4, 0.5) is 0 Å². The number of carbonyl (C=O) groups is 1. The standard InChI is InChI=1S/C18H25N5O/c1-18(2,3)23-16-7-5-6-15(14(16)11-20-23)21-17(24)9-8-13-10-19-22(4)12-13/h8-12,15H,5-7H2,1-4H3,(H,21,24)/b9-8+/t15-/m0/s1. The average molecular weight is 327 g/mol. The molecule has 3 rings (SSSR count). The molecule has 2 aromatic heterocycles. The molecule has 0 saturated carbocycles. The van der Waals surface area contributed by atoms with E-state index in [0.717, 1.165) is 30.4 Å². The molecule has 128 valence electrons. The van der Waals surface area contributed by atoms with E-state index in [1.165, 1.54) is 5.69 Å². The van der Waals surface area contributed by atoms with E-state index < -0.39 is 0 Å². The van der Waals surface area contributed by atoms with Crippen molar-refractivity contribution in [3.8, 4) is 0 Å². The van der Waals surface area contributed by atoms with E-state index in [9.17, 15) is 4.79 Å². The molecule has 2 aromatic rings. The number of aromatic nitrogens is 4. The summed E-state index contributed by atoms with van der Waals surface area (Å²) >= 11 is 0. The van der Waals surface area contributed by atoms with Crippen LogP contribution < -0.4 is 5.32 Å². The van der Waals surface area contributed by atoms with Crippen molar-refractivity contribution in [2.75, 3.05) is 0 Å². The molecule has 1 amide bonds. The van der Waals surface area contributed by atoms with Crippen molar-refractivity contribution in [2.45, 2.75) is 51.6 Å². The fraction of sp³-hybridized carbons (Fsp3) is 0.500. The topological polar surface area (TPSA) is 64.7 Å². The zero-order valence-electron chi connectivity index (χ0n) is 14.8. The zero-order chi connectivity index (χ0) is 17.3. The van der Waals surface area contributed by atoms with Crippen LogP contribution in [0.5, 0.6) is 0 Å². The molecule has 0 spiro atoms. The summed E-state index contributed by atoms with van der Waals surface area (Å²) in [5.41, 5.74) is 3.27. The predicted octanol–water partition coefficient (Wildman–Crippen LogP) is 2.58. The Kier molecular flexibility index (Phi) is 4.30. The Morgan fingerprint density at radius 3 is 2.79 bits per heavy atom. The van der Waals surface area contributed by atoms with Gasteiger partial charge in [0.1, 0.15) is 0 Å². The molecular weight excluding hydrogens is 302 g/mol. The normalized spacial score (nSPS) is 17.9. The highest BCUT2D eigenvalue weighted by molar-refractivity contribution is 5.91. The first-order chi connectivity index (χ1) is 11.3. The van der Waals surface area contributed by atoms with Crippen molar-refractivity contribution in [2.24, 2.45) is 7.05 Å². The number of nitrogens with one attached hydrogen (secondary N) is 1. The van der Waals surface area contributed by atoms with Gasteiger partial charge < -0.3 is 5.32 Å². The highest BCUT2D eigenvalue weighted by atomic mass is 16.1. The van der Waals surface area contributed by atoms with Gasteiger partial charge in [0.2, 0.25) is 5.91 Å². The maximum atomic E-state index is 12.3. The lowest BCUT2D eigenvalue weighted by Crippen LogP contribution is -2.31. The van der Waals surface area contributed by atoms with E-state index >= 15 is 0 Å². The SMILES string of the molecule is Cn1cc(/C=C/C(=O)N[C@H]2CCCc3c2cnn3C(C)(C)C)cn1. The summed E-state index contributed by atoms with van der Waals surface area (Å²) in [7, 11) is 1.86. The molecule has 2 heterocycles. The van der Waals surface area contributed by atoms with Crippen molar-refractivity contribution < 1.29 is 4.79 Å².